The van der Waals surface area contributed by atoms with Crippen molar-refractivity contribution >= 4 is 11.9 Å². The maximum atomic E-state index is 11.6. The molecule has 1 aliphatic heterocycles. The molecule has 5 nitrogen and oxygen atoms in total. The van der Waals surface area contributed by atoms with Gasteiger partial charge in [-0.15, -0.1) is 0 Å². The molecule has 0 fully saturated rings. The molecule has 0 amide bonds. The molecule has 0 aromatic heterocycles. The summed E-state index contributed by atoms with van der Waals surface area (Å²) < 4.78 is 10.1. The van der Waals surface area contributed by atoms with Crippen LogP contribution in [-0.4, -0.2) is 29.8 Å². The zero-order valence-corrected chi connectivity index (χ0v) is 10.7. The van der Waals surface area contributed by atoms with E-state index in [0.29, 0.717) is 12.0 Å². The van der Waals surface area contributed by atoms with Gasteiger partial charge in [0.05, 0.1) is 24.7 Å². The fourth-order valence-corrected chi connectivity index (χ4v) is 1.93. The average Bonchev–Trinajstić information content (AvgIpc) is 2.66. The molecule has 0 saturated heterocycles. The molecule has 1 N–H and O–H groups in total. The molecule has 19 heavy (non-hydrogen) atoms. The number of esters is 2. The van der Waals surface area contributed by atoms with Crippen LogP contribution >= 0.6 is 0 Å². The summed E-state index contributed by atoms with van der Waals surface area (Å²) in [5.41, 5.74) is 1.23. The number of ether oxygens (including phenoxy) is 2. The Labute approximate surface area is 111 Å². The van der Waals surface area contributed by atoms with Gasteiger partial charge in [-0.1, -0.05) is 18.2 Å². The van der Waals surface area contributed by atoms with Crippen LogP contribution in [0.25, 0.3) is 0 Å². The van der Waals surface area contributed by atoms with E-state index in [4.69, 9.17) is 14.6 Å². The number of fused-ring (bicyclic) bond motifs is 1. The van der Waals surface area contributed by atoms with Crippen LogP contribution in [-0.2, 0) is 14.3 Å². The lowest BCUT2D eigenvalue weighted by Gasteiger charge is -2.11. The fraction of sp³-hybridized carbons (Fsp3) is 0.429. The smallest absolute Gasteiger partial charge is 0.339 e. The van der Waals surface area contributed by atoms with Crippen molar-refractivity contribution in [3.05, 3.63) is 35.4 Å². The van der Waals surface area contributed by atoms with Crippen LogP contribution in [0.1, 0.15) is 41.8 Å². The lowest BCUT2D eigenvalue weighted by Crippen LogP contribution is -2.13. The highest BCUT2D eigenvalue weighted by Crippen LogP contribution is 2.32. The molecule has 2 unspecified atom stereocenters. The minimum absolute atomic E-state index is 0.00254. The number of benzene rings is 1. The molecular formula is C14H16O5. The predicted molar refractivity (Wildman–Crippen MR) is 66.5 cm³/mol. The molecule has 1 aliphatic rings. The molecule has 1 aromatic carbocycles. The Hall–Kier alpha value is -1.88. The van der Waals surface area contributed by atoms with E-state index < -0.39 is 24.1 Å². The van der Waals surface area contributed by atoms with E-state index in [1.54, 1.807) is 31.2 Å². The normalized spacial score (nSPS) is 18.6. The van der Waals surface area contributed by atoms with Crippen LogP contribution in [0.15, 0.2) is 24.3 Å². The highest BCUT2D eigenvalue weighted by Gasteiger charge is 2.32. The van der Waals surface area contributed by atoms with Crippen molar-refractivity contribution in [1.29, 1.82) is 0 Å². The van der Waals surface area contributed by atoms with Crippen LogP contribution in [0, 0.1) is 0 Å². The molecule has 102 valence electrons. The standard InChI is InChI=1S/C14H16O5/c1-9(15)6-7-18-13(16)8-12-10-4-2-3-5-11(10)14(17)19-12/h2-5,9,12,15H,6-8H2,1H3. The van der Waals surface area contributed by atoms with Crippen LogP contribution in [0.3, 0.4) is 0 Å². The van der Waals surface area contributed by atoms with Crippen LogP contribution < -0.4 is 0 Å². The summed E-state index contributed by atoms with van der Waals surface area (Å²) >= 11 is 0. The van der Waals surface area contributed by atoms with Gasteiger partial charge in [0.15, 0.2) is 0 Å². The van der Waals surface area contributed by atoms with Gasteiger partial charge >= 0.3 is 11.9 Å². The SMILES string of the molecule is CC(O)CCOC(=O)CC1OC(=O)c2ccccc21. The summed E-state index contributed by atoms with van der Waals surface area (Å²) in [6.45, 7) is 1.79. The number of hydrogen-bond donors (Lipinski definition) is 1. The summed E-state index contributed by atoms with van der Waals surface area (Å²) in [5.74, 6) is -0.840. The average molecular weight is 264 g/mol. The number of carbonyl (C=O) groups excluding carboxylic acids is 2. The maximum Gasteiger partial charge on any atom is 0.339 e. The number of aliphatic hydroxyl groups excluding tert-OH is 1. The lowest BCUT2D eigenvalue weighted by molar-refractivity contribution is -0.146. The molecular weight excluding hydrogens is 248 g/mol. The number of aliphatic hydroxyl groups is 1. The zero-order valence-electron chi connectivity index (χ0n) is 10.7. The topological polar surface area (TPSA) is 72.8 Å². The maximum absolute atomic E-state index is 11.6. The fourth-order valence-electron chi connectivity index (χ4n) is 1.93. The molecule has 0 bridgehead atoms. The molecule has 0 saturated carbocycles. The first-order chi connectivity index (χ1) is 9.08. The van der Waals surface area contributed by atoms with Crippen molar-refractivity contribution in [2.24, 2.45) is 0 Å². The highest BCUT2D eigenvalue weighted by molar-refractivity contribution is 5.94. The van der Waals surface area contributed by atoms with Gasteiger partial charge in [0.1, 0.15) is 6.10 Å². The first-order valence-electron chi connectivity index (χ1n) is 6.21. The van der Waals surface area contributed by atoms with Gasteiger partial charge in [0.25, 0.3) is 0 Å². The van der Waals surface area contributed by atoms with Crippen LogP contribution in [0.2, 0.25) is 0 Å². The van der Waals surface area contributed by atoms with Crippen LogP contribution in [0.4, 0.5) is 0 Å². The van der Waals surface area contributed by atoms with Gasteiger partial charge in [-0.3, -0.25) is 4.79 Å². The number of carbonyl (C=O) groups is 2. The second-order valence-corrected chi connectivity index (χ2v) is 4.54. The summed E-state index contributed by atoms with van der Waals surface area (Å²) in [6, 6.07) is 7.00. The summed E-state index contributed by atoms with van der Waals surface area (Å²) in [4.78, 5) is 23.2. The summed E-state index contributed by atoms with van der Waals surface area (Å²) in [7, 11) is 0. The molecule has 2 atom stereocenters. The molecule has 0 radical (unpaired) electrons. The first kappa shape index (κ1) is 13.5. The van der Waals surface area contributed by atoms with Crippen molar-refractivity contribution < 1.29 is 24.2 Å². The van der Waals surface area contributed by atoms with Crippen LogP contribution in [0.5, 0.6) is 0 Å². The van der Waals surface area contributed by atoms with E-state index in [9.17, 15) is 9.59 Å². The van der Waals surface area contributed by atoms with Crippen molar-refractivity contribution in [3.8, 4) is 0 Å². The molecule has 0 spiro atoms. The van der Waals surface area contributed by atoms with Gasteiger partial charge in [-0.05, 0) is 13.0 Å². The van der Waals surface area contributed by atoms with Crippen molar-refractivity contribution in [2.45, 2.75) is 32.0 Å². The van der Waals surface area contributed by atoms with E-state index in [2.05, 4.69) is 0 Å². The molecule has 1 heterocycles. The highest BCUT2D eigenvalue weighted by atomic mass is 16.6. The predicted octanol–water partition coefficient (Wildman–Crippen LogP) is 1.60. The number of hydrogen-bond acceptors (Lipinski definition) is 5. The quantitative estimate of drug-likeness (QED) is 0.818. The van der Waals surface area contributed by atoms with E-state index in [-0.39, 0.29) is 13.0 Å². The summed E-state index contributed by atoms with van der Waals surface area (Å²) in [6.07, 6.45) is -0.671. The van der Waals surface area contributed by atoms with Crippen molar-refractivity contribution in [2.75, 3.05) is 6.61 Å². The zero-order chi connectivity index (χ0) is 13.8. The third-order valence-electron chi connectivity index (χ3n) is 2.93. The van der Waals surface area contributed by atoms with E-state index in [0.717, 1.165) is 5.56 Å². The monoisotopic (exact) mass is 264 g/mol. The van der Waals surface area contributed by atoms with Gasteiger partial charge in [0, 0.05) is 12.0 Å². The molecule has 5 heteroatoms. The molecule has 1 aromatic rings. The Morgan fingerprint density at radius 3 is 2.95 bits per heavy atom. The minimum atomic E-state index is -0.567. The first-order valence-corrected chi connectivity index (χ1v) is 6.21. The Balaban J connectivity index is 1.91. The van der Waals surface area contributed by atoms with E-state index >= 15 is 0 Å². The Bertz CT molecular complexity index is 480. The van der Waals surface area contributed by atoms with Gasteiger partial charge in [0.2, 0.25) is 0 Å². The molecule has 2 rings (SSSR count). The lowest BCUT2D eigenvalue weighted by atomic mass is 10.0. The largest absolute Gasteiger partial charge is 0.465 e. The van der Waals surface area contributed by atoms with Crippen molar-refractivity contribution in [1.82, 2.24) is 0 Å². The van der Waals surface area contributed by atoms with Gasteiger partial charge in [-0.2, -0.15) is 0 Å². The Morgan fingerprint density at radius 1 is 1.47 bits per heavy atom. The third kappa shape index (κ3) is 3.32. The molecule has 0 aliphatic carbocycles. The van der Waals surface area contributed by atoms with E-state index in [1.807, 2.05) is 0 Å². The van der Waals surface area contributed by atoms with E-state index in [1.165, 1.54) is 0 Å². The van der Waals surface area contributed by atoms with Gasteiger partial charge in [-0.25, -0.2) is 4.79 Å². The second-order valence-electron chi connectivity index (χ2n) is 4.54. The van der Waals surface area contributed by atoms with Crippen molar-refractivity contribution in [3.63, 3.8) is 0 Å². The Morgan fingerprint density at radius 2 is 2.21 bits per heavy atom. The second kappa shape index (κ2) is 5.84. The number of cyclic esters (lactones) is 1. The van der Waals surface area contributed by atoms with Gasteiger partial charge < -0.3 is 14.6 Å². The Kier molecular flexibility index (Phi) is 4.16. The minimum Gasteiger partial charge on any atom is -0.465 e. The third-order valence-corrected chi connectivity index (χ3v) is 2.93. The summed E-state index contributed by atoms with van der Waals surface area (Å²) in [5, 5.41) is 9.05. The number of rotatable bonds is 5.